The SMILES string of the molecule is CCNC(=NCc1cc(OC)c(OC)c(OC)c1)N(C)Cc1ccc(OC)cc1OC. The van der Waals surface area contributed by atoms with E-state index in [1.807, 2.05) is 49.2 Å². The fraction of sp³-hybridized carbons (Fsp3) is 0.435. The van der Waals surface area contributed by atoms with Gasteiger partial charge in [0.25, 0.3) is 0 Å². The maximum Gasteiger partial charge on any atom is 0.203 e. The summed E-state index contributed by atoms with van der Waals surface area (Å²) in [7, 11) is 10.1. The second kappa shape index (κ2) is 11.8. The largest absolute Gasteiger partial charge is 0.497 e. The molecule has 31 heavy (non-hydrogen) atoms. The van der Waals surface area contributed by atoms with Crippen molar-refractivity contribution in [2.75, 3.05) is 49.1 Å². The highest BCUT2D eigenvalue weighted by Gasteiger charge is 2.14. The highest BCUT2D eigenvalue weighted by atomic mass is 16.5. The highest BCUT2D eigenvalue weighted by molar-refractivity contribution is 5.79. The summed E-state index contributed by atoms with van der Waals surface area (Å²) in [4.78, 5) is 6.84. The van der Waals surface area contributed by atoms with Crippen LogP contribution in [0, 0.1) is 0 Å². The number of rotatable bonds is 10. The van der Waals surface area contributed by atoms with Crippen molar-refractivity contribution in [2.45, 2.75) is 20.0 Å². The van der Waals surface area contributed by atoms with Gasteiger partial charge in [-0.1, -0.05) is 0 Å². The standard InChI is InChI=1S/C23H33N3O5/c1-8-24-23(26(2)15-17-9-10-18(27-3)13-19(17)28-4)25-14-16-11-20(29-5)22(31-7)21(12-16)30-6/h9-13H,8,14-15H2,1-7H3,(H,24,25). The third-order valence-corrected chi connectivity index (χ3v) is 4.73. The van der Waals surface area contributed by atoms with Gasteiger partial charge in [-0.15, -0.1) is 0 Å². The molecule has 0 amide bonds. The van der Waals surface area contributed by atoms with Crippen LogP contribution < -0.4 is 29.0 Å². The van der Waals surface area contributed by atoms with E-state index in [0.29, 0.717) is 30.3 Å². The molecular formula is C23H33N3O5. The molecule has 0 saturated carbocycles. The third kappa shape index (κ3) is 6.10. The smallest absolute Gasteiger partial charge is 0.203 e. The van der Waals surface area contributed by atoms with E-state index in [1.54, 1.807) is 35.5 Å². The van der Waals surface area contributed by atoms with Crippen molar-refractivity contribution in [3.05, 3.63) is 41.5 Å². The first-order valence-electron chi connectivity index (χ1n) is 10.00. The fourth-order valence-electron chi connectivity index (χ4n) is 3.18. The van der Waals surface area contributed by atoms with Crippen molar-refractivity contribution in [2.24, 2.45) is 4.99 Å². The molecule has 0 aliphatic heterocycles. The Kier molecular flexibility index (Phi) is 9.12. The van der Waals surface area contributed by atoms with Crippen LogP contribution in [0.1, 0.15) is 18.1 Å². The Balaban J connectivity index is 2.25. The summed E-state index contributed by atoms with van der Waals surface area (Å²) < 4.78 is 27.1. The summed E-state index contributed by atoms with van der Waals surface area (Å²) >= 11 is 0. The molecule has 0 atom stereocenters. The predicted molar refractivity (Wildman–Crippen MR) is 122 cm³/mol. The summed E-state index contributed by atoms with van der Waals surface area (Å²) in [6, 6.07) is 9.60. The number of ether oxygens (including phenoxy) is 5. The minimum atomic E-state index is 0.448. The molecule has 0 fully saturated rings. The number of guanidine groups is 1. The Morgan fingerprint density at radius 1 is 0.871 bits per heavy atom. The minimum absolute atomic E-state index is 0.448. The molecule has 0 heterocycles. The monoisotopic (exact) mass is 431 g/mol. The maximum atomic E-state index is 5.52. The molecule has 170 valence electrons. The first-order valence-corrected chi connectivity index (χ1v) is 10.00. The van der Waals surface area contributed by atoms with Crippen molar-refractivity contribution < 1.29 is 23.7 Å². The van der Waals surface area contributed by atoms with Crippen molar-refractivity contribution in [1.29, 1.82) is 0 Å². The van der Waals surface area contributed by atoms with Gasteiger partial charge in [0.2, 0.25) is 5.75 Å². The molecular weight excluding hydrogens is 398 g/mol. The molecule has 0 unspecified atom stereocenters. The fourth-order valence-corrected chi connectivity index (χ4v) is 3.18. The van der Waals surface area contributed by atoms with E-state index in [9.17, 15) is 0 Å². The number of aliphatic imine (C=N–C) groups is 1. The number of hydrogen-bond donors (Lipinski definition) is 1. The van der Waals surface area contributed by atoms with Crippen molar-refractivity contribution in [1.82, 2.24) is 10.2 Å². The molecule has 2 aromatic carbocycles. The first kappa shape index (κ1) is 24.0. The van der Waals surface area contributed by atoms with E-state index in [1.165, 1.54) is 0 Å². The zero-order valence-corrected chi connectivity index (χ0v) is 19.4. The summed E-state index contributed by atoms with van der Waals surface area (Å²) in [6.07, 6.45) is 0. The van der Waals surface area contributed by atoms with Crippen LogP contribution >= 0.6 is 0 Å². The lowest BCUT2D eigenvalue weighted by Crippen LogP contribution is -2.38. The van der Waals surface area contributed by atoms with Gasteiger partial charge in [0.05, 0.1) is 42.1 Å². The lowest BCUT2D eigenvalue weighted by Gasteiger charge is -2.23. The zero-order chi connectivity index (χ0) is 22.8. The third-order valence-electron chi connectivity index (χ3n) is 4.73. The molecule has 0 aliphatic carbocycles. The summed E-state index contributed by atoms with van der Waals surface area (Å²) in [5.41, 5.74) is 1.98. The Labute approximate surface area is 184 Å². The van der Waals surface area contributed by atoms with Crippen LogP contribution in [-0.4, -0.2) is 60.0 Å². The molecule has 2 aromatic rings. The molecule has 2 rings (SSSR count). The number of hydrogen-bond acceptors (Lipinski definition) is 6. The van der Waals surface area contributed by atoms with Crippen LogP contribution in [0.3, 0.4) is 0 Å². The summed E-state index contributed by atoms with van der Waals surface area (Å²) in [5.74, 6) is 4.07. The van der Waals surface area contributed by atoms with Gasteiger partial charge in [0, 0.05) is 31.8 Å². The van der Waals surface area contributed by atoms with Gasteiger partial charge in [-0.05, 0) is 36.8 Å². The molecule has 0 bridgehead atoms. The first-order chi connectivity index (χ1) is 15.0. The zero-order valence-electron chi connectivity index (χ0n) is 19.4. The van der Waals surface area contributed by atoms with E-state index in [-0.39, 0.29) is 0 Å². The predicted octanol–water partition coefficient (Wildman–Crippen LogP) is 3.33. The quantitative estimate of drug-likeness (QED) is 0.457. The van der Waals surface area contributed by atoms with E-state index >= 15 is 0 Å². The molecule has 0 spiro atoms. The molecule has 1 N–H and O–H groups in total. The minimum Gasteiger partial charge on any atom is -0.497 e. The summed E-state index contributed by atoms with van der Waals surface area (Å²) in [6.45, 7) is 3.85. The molecule has 0 saturated heterocycles. The van der Waals surface area contributed by atoms with Gasteiger partial charge in [-0.2, -0.15) is 0 Å². The molecule has 0 aliphatic rings. The van der Waals surface area contributed by atoms with E-state index in [2.05, 4.69) is 5.32 Å². The normalized spacial score (nSPS) is 11.0. The topological polar surface area (TPSA) is 73.8 Å². The van der Waals surface area contributed by atoms with Gasteiger partial charge in [-0.25, -0.2) is 4.99 Å². The van der Waals surface area contributed by atoms with Crippen LogP contribution in [0.4, 0.5) is 0 Å². The Morgan fingerprint density at radius 3 is 2.03 bits per heavy atom. The Hall–Kier alpha value is -3.29. The van der Waals surface area contributed by atoms with E-state index in [4.69, 9.17) is 28.7 Å². The Bertz CT molecular complexity index is 861. The van der Waals surface area contributed by atoms with Crippen molar-refractivity contribution in [3.63, 3.8) is 0 Å². The average molecular weight is 432 g/mol. The van der Waals surface area contributed by atoms with Gasteiger partial charge in [0.1, 0.15) is 11.5 Å². The average Bonchev–Trinajstić information content (AvgIpc) is 2.80. The van der Waals surface area contributed by atoms with Crippen LogP contribution in [0.5, 0.6) is 28.7 Å². The van der Waals surface area contributed by atoms with Gasteiger partial charge >= 0.3 is 0 Å². The summed E-state index contributed by atoms with van der Waals surface area (Å²) in [5, 5.41) is 3.34. The molecule has 0 radical (unpaired) electrons. The molecule has 8 nitrogen and oxygen atoms in total. The van der Waals surface area contributed by atoms with Crippen LogP contribution in [0.25, 0.3) is 0 Å². The molecule has 8 heteroatoms. The van der Waals surface area contributed by atoms with Crippen molar-refractivity contribution in [3.8, 4) is 28.7 Å². The second-order valence-electron chi connectivity index (χ2n) is 6.74. The second-order valence-corrected chi connectivity index (χ2v) is 6.74. The lowest BCUT2D eigenvalue weighted by molar-refractivity contribution is 0.324. The van der Waals surface area contributed by atoms with E-state index in [0.717, 1.165) is 35.1 Å². The van der Waals surface area contributed by atoms with Gasteiger partial charge in [0.15, 0.2) is 17.5 Å². The molecule has 0 aromatic heterocycles. The van der Waals surface area contributed by atoms with E-state index < -0.39 is 0 Å². The highest BCUT2D eigenvalue weighted by Crippen LogP contribution is 2.38. The van der Waals surface area contributed by atoms with Crippen LogP contribution in [0.15, 0.2) is 35.3 Å². The number of benzene rings is 2. The maximum absolute atomic E-state index is 5.52. The van der Waals surface area contributed by atoms with Gasteiger partial charge in [-0.3, -0.25) is 0 Å². The number of nitrogens with zero attached hydrogens (tertiary/aromatic N) is 2. The number of methoxy groups -OCH3 is 5. The van der Waals surface area contributed by atoms with Crippen LogP contribution in [-0.2, 0) is 13.1 Å². The van der Waals surface area contributed by atoms with Crippen LogP contribution in [0.2, 0.25) is 0 Å². The number of nitrogens with one attached hydrogen (secondary N) is 1. The van der Waals surface area contributed by atoms with Gasteiger partial charge < -0.3 is 33.9 Å². The van der Waals surface area contributed by atoms with Crippen molar-refractivity contribution >= 4 is 5.96 Å². The Morgan fingerprint density at radius 2 is 1.52 bits per heavy atom. The lowest BCUT2D eigenvalue weighted by atomic mass is 10.1.